The number of aryl methyl sites for hydroxylation is 1. The third-order valence-corrected chi connectivity index (χ3v) is 5.67. The minimum atomic E-state index is -1.75. The fourth-order valence-electron chi connectivity index (χ4n) is 3.96. The van der Waals surface area contributed by atoms with Crippen molar-refractivity contribution in [3.8, 4) is 0 Å². The molecule has 3 nitrogen and oxygen atoms in total. The van der Waals surface area contributed by atoms with Crippen LogP contribution in [-0.2, 0) is 19.4 Å². The van der Waals surface area contributed by atoms with Gasteiger partial charge < -0.3 is 14.6 Å². The van der Waals surface area contributed by atoms with Crippen LogP contribution in [0.15, 0.2) is 30.3 Å². The Morgan fingerprint density at radius 3 is 2.58 bits per heavy atom. The van der Waals surface area contributed by atoms with E-state index in [1.54, 1.807) is 12.1 Å². The summed E-state index contributed by atoms with van der Waals surface area (Å²) >= 11 is 12.3. The minimum absolute atomic E-state index is 0.180. The average molecular weight is 392 g/mol. The molecule has 0 aliphatic heterocycles. The second-order valence-electron chi connectivity index (χ2n) is 6.72. The summed E-state index contributed by atoms with van der Waals surface area (Å²) in [7, 11) is -1.75. The van der Waals surface area contributed by atoms with E-state index in [9.17, 15) is 14.4 Å². The molecular weight excluding hydrogens is 375 g/mol. The van der Waals surface area contributed by atoms with Gasteiger partial charge in [0.25, 0.3) is 0 Å². The molecule has 0 amide bonds. The van der Waals surface area contributed by atoms with Crippen molar-refractivity contribution < 1.29 is 14.4 Å². The van der Waals surface area contributed by atoms with Gasteiger partial charge in [-0.1, -0.05) is 29.3 Å². The Morgan fingerprint density at radius 2 is 1.85 bits per heavy atom. The lowest BCUT2D eigenvalue weighted by Crippen LogP contribution is -2.32. The van der Waals surface area contributed by atoms with Crippen molar-refractivity contribution in [1.82, 2.24) is 4.57 Å². The molecule has 26 heavy (non-hydrogen) atoms. The molecule has 2 N–H and O–H groups in total. The molecule has 0 atom stereocenters. The second kappa shape index (κ2) is 6.89. The molecule has 0 fully saturated rings. The van der Waals surface area contributed by atoms with Crippen LogP contribution < -0.4 is 5.46 Å². The highest BCUT2D eigenvalue weighted by molar-refractivity contribution is 6.61. The van der Waals surface area contributed by atoms with Gasteiger partial charge in [-0.05, 0) is 61.1 Å². The summed E-state index contributed by atoms with van der Waals surface area (Å²) in [6.45, 7) is 0.465. The van der Waals surface area contributed by atoms with E-state index in [-0.39, 0.29) is 5.46 Å². The molecule has 0 saturated carbocycles. The van der Waals surface area contributed by atoms with Crippen LogP contribution in [0.25, 0.3) is 10.9 Å². The van der Waals surface area contributed by atoms with Gasteiger partial charge in [0.2, 0.25) is 0 Å². The molecule has 2 aromatic carbocycles. The van der Waals surface area contributed by atoms with E-state index in [2.05, 4.69) is 0 Å². The zero-order valence-corrected chi connectivity index (χ0v) is 15.5. The number of hydrogen-bond donors (Lipinski definition) is 2. The van der Waals surface area contributed by atoms with Crippen LogP contribution in [0.4, 0.5) is 4.39 Å². The highest BCUT2D eigenvalue weighted by Crippen LogP contribution is 2.33. The summed E-state index contributed by atoms with van der Waals surface area (Å²) in [5.74, 6) is -0.462. The highest BCUT2D eigenvalue weighted by Gasteiger charge is 2.26. The summed E-state index contributed by atoms with van der Waals surface area (Å²) in [4.78, 5) is 0. The van der Waals surface area contributed by atoms with Crippen molar-refractivity contribution in [3.63, 3.8) is 0 Å². The number of rotatable bonds is 3. The molecule has 0 radical (unpaired) electrons. The average Bonchev–Trinajstić information content (AvgIpc) is 2.90. The zero-order valence-electron chi connectivity index (χ0n) is 14.0. The van der Waals surface area contributed by atoms with Gasteiger partial charge in [0.05, 0.1) is 0 Å². The lowest BCUT2D eigenvalue weighted by atomic mass is 9.78. The van der Waals surface area contributed by atoms with Gasteiger partial charge in [-0.15, -0.1) is 0 Å². The van der Waals surface area contributed by atoms with E-state index in [1.165, 1.54) is 12.1 Å². The van der Waals surface area contributed by atoms with Crippen molar-refractivity contribution in [1.29, 1.82) is 0 Å². The monoisotopic (exact) mass is 391 g/mol. The van der Waals surface area contributed by atoms with Gasteiger partial charge in [-0.2, -0.15) is 0 Å². The van der Waals surface area contributed by atoms with E-state index in [4.69, 9.17) is 23.2 Å². The Kier molecular flexibility index (Phi) is 4.74. The highest BCUT2D eigenvalue weighted by atomic mass is 35.5. The van der Waals surface area contributed by atoms with E-state index in [1.807, 2.05) is 10.6 Å². The molecule has 0 saturated heterocycles. The van der Waals surface area contributed by atoms with Gasteiger partial charge in [0.1, 0.15) is 5.82 Å². The van der Waals surface area contributed by atoms with Crippen molar-refractivity contribution in [3.05, 3.63) is 63.0 Å². The maximum Gasteiger partial charge on any atom is 0.490 e. The maximum atomic E-state index is 14.1. The first-order valence-electron chi connectivity index (χ1n) is 8.59. The van der Waals surface area contributed by atoms with E-state index in [0.29, 0.717) is 22.1 Å². The lowest BCUT2D eigenvalue weighted by Gasteiger charge is -2.17. The molecule has 134 valence electrons. The molecule has 1 heterocycles. The Balaban J connectivity index is 1.98. The first-order valence-corrected chi connectivity index (χ1v) is 9.34. The Bertz CT molecular complexity index is 1000. The molecular formula is C19H17BCl2FNO2. The van der Waals surface area contributed by atoms with Crippen LogP contribution in [0.1, 0.15) is 29.7 Å². The van der Waals surface area contributed by atoms with Crippen LogP contribution >= 0.6 is 23.2 Å². The van der Waals surface area contributed by atoms with Crippen molar-refractivity contribution in [2.45, 2.75) is 32.2 Å². The predicted molar refractivity (Wildman–Crippen MR) is 104 cm³/mol. The summed E-state index contributed by atoms with van der Waals surface area (Å²) in [5.41, 5.74) is 3.94. The summed E-state index contributed by atoms with van der Waals surface area (Å²) in [6.07, 6.45) is 3.83. The Hall–Kier alpha value is -1.53. The molecule has 0 unspecified atom stereocenters. The fraction of sp³-hybridized carbons (Fsp3) is 0.263. The van der Waals surface area contributed by atoms with Gasteiger partial charge in [-0.3, -0.25) is 0 Å². The van der Waals surface area contributed by atoms with Crippen LogP contribution in [0.3, 0.4) is 0 Å². The third-order valence-electron chi connectivity index (χ3n) is 5.09. The van der Waals surface area contributed by atoms with Gasteiger partial charge >= 0.3 is 7.12 Å². The number of halogens is 3. The van der Waals surface area contributed by atoms with Crippen LogP contribution in [0.2, 0.25) is 10.0 Å². The molecule has 1 aliphatic carbocycles. The molecule has 0 spiro atoms. The largest absolute Gasteiger partial charge is 0.490 e. The van der Waals surface area contributed by atoms with Crippen molar-refractivity contribution in [2.75, 3.05) is 0 Å². The van der Waals surface area contributed by atoms with Crippen molar-refractivity contribution >= 4 is 46.7 Å². The SMILES string of the molecule is OB(O)c1cc(F)cc2c3c(n(Cc4ccc(Cl)cc4Cl)c12)CCCC3. The summed E-state index contributed by atoms with van der Waals surface area (Å²) < 4.78 is 16.2. The molecule has 0 bridgehead atoms. The van der Waals surface area contributed by atoms with Crippen LogP contribution in [0.5, 0.6) is 0 Å². The van der Waals surface area contributed by atoms with Gasteiger partial charge in [0, 0.05) is 38.6 Å². The topological polar surface area (TPSA) is 45.4 Å². The minimum Gasteiger partial charge on any atom is -0.423 e. The van der Waals surface area contributed by atoms with E-state index in [0.717, 1.165) is 47.9 Å². The molecule has 1 aliphatic rings. The van der Waals surface area contributed by atoms with Crippen LogP contribution in [-0.4, -0.2) is 21.7 Å². The third kappa shape index (κ3) is 3.03. The Morgan fingerprint density at radius 1 is 1.08 bits per heavy atom. The Labute approximate surface area is 161 Å². The summed E-state index contributed by atoms with van der Waals surface area (Å²) in [6, 6.07) is 8.02. The quantitative estimate of drug-likeness (QED) is 0.668. The van der Waals surface area contributed by atoms with Crippen molar-refractivity contribution in [2.24, 2.45) is 0 Å². The first-order chi connectivity index (χ1) is 12.5. The lowest BCUT2D eigenvalue weighted by molar-refractivity contribution is 0.425. The maximum absolute atomic E-state index is 14.1. The standard InChI is InChI=1S/C19H17BCl2FNO2/c21-12-6-5-11(17(22)7-12)10-24-18-4-2-1-3-14(18)15-8-13(23)9-16(19(15)24)20(25)26/h5-9,25-26H,1-4,10H2. The zero-order chi connectivity index (χ0) is 18.4. The summed E-state index contributed by atoms with van der Waals surface area (Å²) in [5, 5.41) is 21.5. The van der Waals surface area contributed by atoms with E-state index >= 15 is 0 Å². The number of benzene rings is 2. The van der Waals surface area contributed by atoms with Gasteiger partial charge in [-0.25, -0.2) is 4.39 Å². The molecule has 4 rings (SSSR count). The van der Waals surface area contributed by atoms with Crippen LogP contribution in [0, 0.1) is 5.82 Å². The number of hydrogen-bond acceptors (Lipinski definition) is 2. The molecule has 7 heteroatoms. The smallest absolute Gasteiger partial charge is 0.423 e. The van der Waals surface area contributed by atoms with Gasteiger partial charge in [0.15, 0.2) is 0 Å². The number of nitrogens with zero attached hydrogens (tertiary/aromatic N) is 1. The predicted octanol–water partition coefficient (Wildman–Crippen LogP) is 3.69. The molecule has 3 aromatic rings. The second-order valence-corrected chi connectivity index (χ2v) is 7.56. The fourth-order valence-corrected chi connectivity index (χ4v) is 4.42. The molecule has 1 aromatic heterocycles. The number of aromatic nitrogens is 1. The number of fused-ring (bicyclic) bond motifs is 3. The van der Waals surface area contributed by atoms with E-state index < -0.39 is 12.9 Å². The first kappa shape index (κ1) is 17.9. The normalized spacial score (nSPS) is 13.9.